The van der Waals surface area contributed by atoms with Gasteiger partial charge in [0.05, 0.1) is 4.92 Å². The average molecular weight is 390 g/mol. The molecule has 0 aliphatic carbocycles. The van der Waals surface area contributed by atoms with Gasteiger partial charge in [-0.25, -0.2) is 0 Å². The Labute approximate surface area is 159 Å². The number of hydrogen-bond donors (Lipinski definition) is 1. The van der Waals surface area contributed by atoms with E-state index in [1.54, 1.807) is 11.9 Å². The van der Waals surface area contributed by atoms with Crippen molar-refractivity contribution in [3.05, 3.63) is 38.9 Å². The predicted octanol–water partition coefficient (Wildman–Crippen LogP) is 3.65. The van der Waals surface area contributed by atoms with E-state index in [1.807, 2.05) is 0 Å². The van der Waals surface area contributed by atoms with Crippen LogP contribution in [-0.4, -0.2) is 35.9 Å². The first kappa shape index (κ1) is 21.7. The summed E-state index contributed by atoms with van der Waals surface area (Å²) in [6.07, 6.45) is 2.79. The minimum Gasteiger partial charge on any atom is -0.341 e. The minimum atomic E-state index is -0.459. The van der Waals surface area contributed by atoms with E-state index in [0.717, 1.165) is 25.9 Å². The number of benzene rings is 1. The summed E-state index contributed by atoms with van der Waals surface area (Å²) < 4.78 is 0. The SMILES string of the molecule is CC(CC(=O)N(C)Cc1cc([N+](=O)[O-])ccc1Cl)C1CCCNC1.Cl. The summed E-state index contributed by atoms with van der Waals surface area (Å²) in [6.45, 7) is 4.41. The fourth-order valence-electron chi connectivity index (χ4n) is 3.10. The largest absolute Gasteiger partial charge is 0.341 e. The Bertz CT molecular complexity index is 607. The third-order valence-electron chi connectivity index (χ3n) is 4.71. The molecule has 0 spiro atoms. The van der Waals surface area contributed by atoms with Crippen molar-refractivity contribution in [2.45, 2.75) is 32.7 Å². The molecule has 1 aliphatic heterocycles. The minimum absolute atomic E-state index is 0. The second kappa shape index (κ2) is 9.94. The van der Waals surface area contributed by atoms with Gasteiger partial charge in [-0.3, -0.25) is 14.9 Å². The van der Waals surface area contributed by atoms with Gasteiger partial charge in [-0.15, -0.1) is 12.4 Å². The molecule has 2 rings (SSSR count). The van der Waals surface area contributed by atoms with Crippen molar-refractivity contribution in [3.63, 3.8) is 0 Å². The molecule has 0 saturated carbocycles. The maximum atomic E-state index is 12.5. The lowest BCUT2D eigenvalue weighted by atomic mass is 9.85. The van der Waals surface area contributed by atoms with Crippen molar-refractivity contribution in [2.75, 3.05) is 20.1 Å². The number of nitro groups is 1. The van der Waals surface area contributed by atoms with Crippen LogP contribution in [-0.2, 0) is 11.3 Å². The fraction of sp³-hybridized carbons (Fsp3) is 0.588. The summed E-state index contributed by atoms with van der Waals surface area (Å²) in [5.74, 6) is 0.876. The highest BCUT2D eigenvalue weighted by Crippen LogP contribution is 2.25. The molecule has 0 bridgehead atoms. The van der Waals surface area contributed by atoms with Gasteiger partial charge in [0.15, 0.2) is 0 Å². The maximum absolute atomic E-state index is 12.5. The summed E-state index contributed by atoms with van der Waals surface area (Å²) in [5, 5.41) is 14.7. The molecule has 1 heterocycles. The number of nitrogens with zero attached hydrogens (tertiary/aromatic N) is 2. The zero-order valence-corrected chi connectivity index (χ0v) is 16.1. The number of amides is 1. The number of rotatable bonds is 6. The fourth-order valence-corrected chi connectivity index (χ4v) is 3.28. The number of hydrogen-bond acceptors (Lipinski definition) is 4. The first-order chi connectivity index (χ1) is 11.4. The number of carbonyl (C=O) groups excluding carboxylic acids is 1. The summed E-state index contributed by atoms with van der Waals surface area (Å²) in [4.78, 5) is 24.5. The normalized spacial score (nSPS) is 18.1. The molecule has 2 unspecified atom stereocenters. The summed E-state index contributed by atoms with van der Waals surface area (Å²) >= 11 is 6.11. The van der Waals surface area contributed by atoms with Crippen LogP contribution < -0.4 is 5.32 Å². The smallest absolute Gasteiger partial charge is 0.269 e. The molecule has 0 radical (unpaired) electrons. The Hall–Kier alpha value is -1.37. The molecule has 8 heteroatoms. The van der Waals surface area contributed by atoms with E-state index in [1.165, 1.54) is 18.2 Å². The number of halogens is 2. The highest BCUT2D eigenvalue weighted by atomic mass is 35.5. The van der Waals surface area contributed by atoms with Crippen molar-refractivity contribution in [1.29, 1.82) is 0 Å². The number of nitro benzene ring substituents is 1. The van der Waals surface area contributed by atoms with E-state index in [2.05, 4.69) is 12.2 Å². The van der Waals surface area contributed by atoms with E-state index >= 15 is 0 Å². The molecule has 25 heavy (non-hydrogen) atoms. The van der Waals surface area contributed by atoms with Gasteiger partial charge in [-0.1, -0.05) is 18.5 Å². The standard InChI is InChI=1S/C17H24ClN3O3.ClH/c1-12(13-4-3-7-19-10-13)8-17(22)20(2)11-14-9-15(21(23)24)5-6-16(14)18;/h5-6,9,12-13,19H,3-4,7-8,10-11H2,1-2H3;1H. The Morgan fingerprint density at radius 1 is 1.52 bits per heavy atom. The average Bonchev–Trinajstić information content (AvgIpc) is 2.57. The van der Waals surface area contributed by atoms with Gasteiger partial charge in [0.1, 0.15) is 0 Å². The van der Waals surface area contributed by atoms with Gasteiger partial charge in [0.2, 0.25) is 5.91 Å². The zero-order chi connectivity index (χ0) is 17.7. The maximum Gasteiger partial charge on any atom is 0.269 e. The lowest BCUT2D eigenvalue weighted by Crippen LogP contribution is -2.36. The van der Waals surface area contributed by atoms with Gasteiger partial charge >= 0.3 is 0 Å². The van der Waals surface area contributed by atoms with Crippen LogP contribution in [0.2, 0.25) is 5.02 Å². The number of carbonyl (C=O) groups is 1. The molecular formula is C17H25Cl2N3O3. The zero-order valence-electron chi connectivity index (χ0n) is 14.5. The van der Waals surface area contributed by atoms with Crippen LogP contribution in [0.4, 0.5) is 5.69 Å². The van der Waals surface area contributed by atoms with Crippen molar-refractivity contribution in [2.24, 2.45) is 11.8 Å². The third kappa shape index (κ3) is 6.13. The van der Waals surface area contributed by atoms with E-state index in [0.29, 0.717) is 28.8 Å². The van der Waals surface area contributed by atoms with Gasteiger partial charge in [0.25, 0.3) is 5.69 Å². The number of nitrogens with one attached hydrogen (secondary N) is 1. The molecule has 1 amide bonds. The third-order valence-corrected chi connectivity index (χ3v) is 5.08. The Morgan fingerprint density at radius 2 is 2.24 bits per heavy atom. The molecule has 1 aromatic carbocycles. The van der Waals surface area contributed by atoms with Crippen molar-refractivity contribution < 1.29 is 9.72 Å². The molecule has 1 aliphatic rings. The Morgan fingerprint density at radius 3 is 2.84 bits per heavy atom. The first-order valence-corrected chi connectivity index (χ1v) is 8.63. The van der Waals surface area contributed by atoms with Crippen LogP contribution in [0.1, 0.15) is 31.7 Å². The number of non-ortho nitro benzene ring substituents is 1. The van der Waals surface area contributed by atoms with Crippen molar-refractivity contribution >= 4 is 35.6 Å². The lowest BCUT2D eigenvalue weighted by molar-refractivity contribution is -0.384. The first-order valence-electron chi connectivity index (χ1n) is 8.26. The summed E-state index contributed by atoms with van der Waals surface area (Å²) in [5.41, 5.74) is 0.575. The van der Waals surface area contributed by atoms with Gasteiger partial charge in [-0.2, -0.15) is 0 Å². The quantitative estimate of drug-likeness (QED) is 0.594. The lowest BCUT2D eigenvalue weighted by Gasteiger charge is -2.29. The molecule has 1 saturated heterocycles. The second-order valence-corrected chi connectivity index (χ2v) is 6.98. The van der Waals surface area contributed by atoms with Crippen LogP contribution >= 0.6 is 24.0 Å². The topological polar surface area (TPSA) is 75.5 Å². The van der Waals surface area contributed by atoms with Crippen molar-refractivity contribution in [3.8, 4) is 0 Å². The molecular weight excluding hydrogens is 365 g/mol. The van der Waals surface area contributed by atoms with Gasteiger partial charge in [0, 0.05) is 37.2 Å². The van der Waals surface area contributed by atoms with Crippen LogP contribution in [0.15, 0.2) is 18.2 Å². The van der Waals surface area contributed by atoms with E-state index in [-0.39, 0.29) is 30.5 Å². The van der Waals surface area contributed by atoms with E-state index in [4.69, 9.17) is 11.6 Å². The van der Waals surface area contributed by atoms with Gasteiger partial charge in [-0.05, 0) is 49.4 Å². The monoisotopic (exact) mass is 389 g/mol. The van der Waals surface area contributed by atoms with Crippen molar-refractivity contribution in [1.82, 2.24) is 10.2 Å². The highest BCUT2D eigenvalue weighted by Gasteiger charge is 2.23. The Kier molecular flexibility index (Phi) is 8.62. The van der Waals surface area contributed by atoms with E-state index in [9.17, 15) is 14.9 Å². The van der Waals surface area contributed by atoms with Crippen LogP contribution in [0.5, 0.6) is 0 Å². The second-order valence-electron chi connectivity index (χ2n) is 6.57. The molecule has 6 nitrogen and oxygen atoms in total. The van der Waals surface area contributed by atoms with E-state index < -0.39 is 4.92 Å². The van der Waals surface area contributed by atoms with Crippen LogP contribution in [0.25, 0.3) is 0 Å². The number of piperidine rings is 1. The van der Waals surface area contributed by atoms with Crippen LogP contribution in [0.3, 0.4) is 0 Å². The molecule has 1 N–H and O–H groups in total. The predicted molar refractivity (Wildman–Crippen MR) is 101 cm³/mol. The molecule has 140 valence electrons. The molecule has 2 atom stereocenters. The summed E-state index contributed by atoms with van der Waals surface area (Å²) in [7, 11) is 1.71. The molecule has 1 aromatic rings. The highest BCUT2D eigenvalue weighted by molar-refractivity contribution is 6.31. The molecule has 1 fully saturated rings. The van der Waals surface area contributed by atoms with Gasteiger partial charge < -0.3 is 10.2 Å². The summed E-state index contributed by atoms with van der Waals surface area (Å²) in [6, 6.07) is 4.30. The van der Waals surface area contributed by atoms with Crippen LogP contribution in [0, 0.1) is 22.0 Å². The molecule has 0 aromatic heterocycles. The Balaban J connectivity index is 0.00000312.